The number of rotatable bonds is 7. The zero-order valence-corrected chi connectivity index (χ0v) is 18.7. The quantitative estimate of drug-likeness (QED) is 0.370. The number of aromatic nitrogens is 1. The molecule has 0 atom stereocenters. The van der Waals surface area contributed by atoms with Crippen LogP contribution in [0.15, 0.2) is 71.3 Å². The number of nitrogens with one attached hydrogen (secondary N) is 2. The first kappa shape index (κ1) is 23.0. The smallest absolute Gasteiger partial charge is 0.257 e. The van der Waals surface area contributed by atoms with Gasteiger partial charge in [0.05, 0.1) is 23.0 Å². The lowest BCUT2D eigenvalue weighted by atomic mass is 10.1. The zero-order chi connectivity index (χ0) is 25.1. The second kappa shape index (κ2) is 9.87. The number of fused-ring (bicyclic) bond motifs is 1. The number of nitrogens with zero attached hydrogens (tertiary/aromatic N) is 1. The van der Waals surface area contributed by atoms with Gasteiger partial charge in [0.1, 0.15) is 11.6 Å². The Morgan fingerprint density at radius 2 is 1.78 bits per heavy atom. The number of carbonyl (C=O) groups excluding carboxylic acids is 2. The first-order valence-corrected chi connectivity index (χ1v) is 11.0. The normalized spacial score (nSPS) is 11.8. The summed E-state index contributed by atoms with van der Waals surface area (Å²) in [6, 6.07) is 14.8. The maximum Gasteiger partial charge on any atom is 0.257 e. The van der Waals surface area contributed by atoms with Crippen LogP contribution in [-0.4, -0.2) is 23.6 Å². The Labute approximate surface area is 203 Å². The van der Waals surface area contributed by atoms with Crippen LogP contribution in [0.3, 0.4) is 0 Å². The van der Waals surface area contributed by atoms with Crippen LogP contribution in [0.25, 0.3) is 11.3 Å². The van der Waals surface area contributed by atoms with E-state index in [4.69, 9.17) is 13.9 Å². The Morgan fingerprint density at radius 3 is 2.64 bits per heavy atom. The lowest BCUT2D eigenvalue weighted by Gasteiger charge is -2.11. The van der Waals surface area contributed by atoms with E-state index in [1.807, 2.05) is 0 Å². The highest BCUT2D eigenvalue weighted by Gasteiger charge is 2.18. The van der Waals surface area contributed by atoms with Crippen molar-refractivity contribution in [2.75, 3.05) is 17.4 Å². The number of anilines is 2. The van der Waals surface area contributed by atoms with E-state index in [0.29, 0.717) is 22.9 Å². The van der Waals surface area contributed by atoms with E-state index in [0.717, 1.165) is 12.1 Å². The number of benzene rings is 3. The Bertz CT molecular complexity index is 1450. The molecule has 2 amide bonds. The summed E-state index contributed by atoms with van der Waals surface area (Å²) in [7, 11) is 0. The molecule has 0 bridgehead atoms. The predicted octanol–water partition coefficient (Wildman–Crippen LogP) is 5.17. The van der Waals surface area contributed by atoms with E-state index < -0.39 is 17.5 Å². The molecule has 5 rings (SSSR count). The molecule has 2 N–H and O–H groups in total. The Kier molecular flexibility index (Phi) is 6.31. The summed E-state index contributed by atoms with van der Waals surface area (Å²) in [6.45, 7) is 0.125. The number of hydrogen-bond donors (Lipinski definition) is 2. The Hall–Kier alpha value is -4.73. The molecule has 0 spiro atoms. The molecule has 36 heavy (non-hydrogen) atoms. The van der Waals surface area contributed by atoms with Gasteiger partial charge in [-0.1, -0.05) is 12.1 Å². The number of para-hydroxylation sites is 1. The summed E-state index contributed by atoms with van der Waals surface area (Å²) in [5, 5.41) is 5.51. The SMILES string of the molecule is O=C(CCc1ncc(-c2ccc(F)cc2F)o1)Nc1ccccc1C(=O)Nc1ccc2c(c1)OCO2. The summed E-state index contributed by atoms with van der Waals surface area (Å²) in [6.07, 6.45) is 1.46. The topological polar surface area (TPSA) is 103 Å². The molecule has 0 fully saturated rings. The highest BCUT2D eigenvalue weighted by molar-refractivity contribution is 6.10. The fourth-order valence-electron chi connectivity index (χ4n) is 3.64. The largest absolute Gasteiger partial charge is 0.454 e. The molecule has 3 aromatic carbocycles. The second-order valence-electron chi connectivity index (χ2n) is 7.86. The number of amides is 2. The van der Waals surface area contributed by atoms with Crippen molar-refractivity contribution >= 4 is 23.2 Å². The van der Waals surface area contributed by atoms with Gasteiger partial charge < -0.3 is 24.5 Å². The summed E-state index contributed by atoms with van der Waals surface area (Å²) in [5.74, 6) is -0.767. The van der Waals surface area contributed by atoms with E-state index in [1.165, 1.54) is 12.3 Å². The zero-order valence-electron chi connectivity index (χ0n) is 18.7. The van der Waals surface area contributed by atoms with E-state index >= 15 is 0 Å². The van der Waals surface area contributed by atoms with E-state index in [1.54, 1.807) is 42.5 Å². The first-order chi connectivity index (χ1) is 17.5. The maximum absolute atomic E-state index is 14.0. The number of hydrogen-bond acceptors (Lipinski definition) is 6. The van der Waals surface area contributed by atoms with Crippen LogP contribution in [0, 0.1) is 11.6 Å². The lowest BCUT2D eigenvalue weighted by molar-refractivity contribution is -0.116. The molecule has 182 valence electrons. The van der Waals surface area contributed by atoms with Crippen LogP contribution in [0.1, 0.15) is 22.7 Å². The van der Waals surface area contributed by atoms with Gasteiger partial charge in [0.25, 0.3) is 5.91 Å². The molecule has 1 aromatic heterocycles. The monoisotopic (exact) mass is 491 g/mol. The van der Waals surface area contributed by atoms with Crippen molar-refractivity contribution in [3.8, 4) is 22.8 Å². The van der Waals surface area contributed by atoms with Crippen LogP contribution in [0.5, 0.6) is 11.5 Å². The molecule has 1 aliphatic heterocycles. The number of ether oxygens (including phenoxy) is 2. The van der Waals surface area contributed by atoms with Crippen molar-refractivity contribution in [1.82, 2.24) is 4.98 Å². The minimum Gasteiger partial charge on any atom is -0.454 e. The Balaban J connectivity index is 1.21. The molecule has 2 heterocycles. The molecule has 0 saturated carbocycles. The van der Waals surface area contributed by atoms with Crippen molar-refractivity contribution in [3.05, 3.63) is 89.9 Å². The van der Waals surface area contributed by atoms with Crippen molar-refractivity contribution in [1.29, 1.82) is 0 Å². The summed E-state index contributed by atoms with van der Waals surface area (Å²) in [4.78, 5) is 29.5. The van der Waals surface area contributed by atoms with Crippen LogP contribution >= 0.6 is 0 Å². The molecule has 0 saturated heterocycles. The fourth-order valence-corrected chi connectivity index (χ4v) is 3.64. The van der Waals surface area contributed by atoms with Crippen LogP contribution < -0.4 is 20.1 Å². The molecule has 1 aliphatic rings. The molecule has 0 radical (unpaired) electrons. The van der Waals surface area contributed by atoms with Gasteiger partial charge in [-0.3, -0.25) is 9.59 Å². The van der Waals surface area contributed by atoms with Gasteiger partial charge in [0, 0.05) is 30.7 Å². The molecule has 0 aliphatic carbocycles. The van der Waals surface area contributed by atoms with Crippen molar-refractivity contribution in [2.45, 2.75) is 12.8 Å². The molecule has 8 nitrogen and oxygen atoms in total. The van der Waals surface area contributed by atoms with Crippen LogP contribution in [0.2, 0.25) is 0 Å². The Morgan fingerprint density at radius 1 is 0.944 bits per heavy atom. The van der Waals surface area contributed by atoms with Gasteiger partial charge in [0.2, 0.25) is 12.7 Å². The average molecular weight is 491 g/mol. The predicted molar refractivity (Wildman–Crippen MR) is 126 cm³/mol. The molecule has 10 heteroatoms. The minimum absolute atomic E-state index is 0.00394. The number of carbonyl (C=O) groups is 2. The lowest BCUT2D eigenvalue weighted by Crippen LogP contribution is -2.18. The minimum atomic E-state index is -0.772. The first-order valence-electron chi connectivity index (χ1n) is 11.0. The second-order valence-corrected chi connectivity index (χ2v) is 7.86. The van der Waals surface area contributed by atoms with Gasteiger partial charge in [-0.25, -0.2) is 13.8 Å². The van der Waals surface area contributed by atoms with Crippen molar-refractivity contribution in [2.24, 2.45) is 0 Å². The van der Waals surface area contributed by atoms with Gasteiger partial charge in [-0.05, 0) is 36.4 Å². The van der Waals surface area contributed by atoms with Gasteiger partial charge >= 0.3 is 0 Å². The average Bonchev–Trinajstić information content (AvgIpc) is 3.52. The van der Waals surface area contributed by atoms with Crippen LogP contribution in [0.4, 0.5) is 20.2 Å². The van der Waals surface area contributed by atoms with Gasteiger partial charge in [0.15, 0.2) is 23.1 Å². The highest BCUT2D eigenvalue weighted by Crippen LogP contribution is 2.34. The van der Waals surface area contributed by atoms with Gasteiger partial charge in [-0.15, -0.1) is 0 Å². The third-order valence-electron chi connectivity index (χ3n) is 5.39. The maximum atomic E-state index is 14.0. The standard InChI is InChI=1S/C26H19F2N3O5/c27-15-5-7-17(19(28)11-15)23-13-29-25(36-23)10-9-24(32)31-20-4-2-1-3-18(20)26(33)30-16-6-8-21-22(12-16)35-14-34-21/h1-8,11-13H,9-10,14H2,(H,30,33)(H,31,32). The van der Waals surface area contributed by atoms with Crippen molar-refractivity contribution < 1.29 is 32.3 Å². The number of aryl methyl sites for hydroxylation is 1. The molecule has 4 aromatic rings. The molecular formula is C26H19F2N3O5. The number of halogens is 2. The fraction of sp³-hybridized carbons (Fsp3) is 0.115. The highest BCUT2D eigenvalue weighted by atomic mass is 19.1. The number of oxazole rings is 1. The van der Waals surface area contributed by atoms with Gasteiger partial charge in [-0.2, -0.15) is 0 Å². The third kappa shape index (κ3) is 5.02. The summed E-state index contributed by atoms with van der Waals surface area (Å²) >= 11 is 0. The molecular weight excluding hydrogens is 472 g/mol. The summed E-state index contributed by atoms with van der Waals surface area (Å²) < 4.78 is 43.2. The van der Waals surface area contributed by atoms with Crippen molar-refractivity contribution in [3.63, 3.8) is 0 Å². The van der Waals surface area contributed by atoms with Crippen LogP contribution in [-0.2, 0) is 11.2 Å². The van der Waals surface area contributed by atoms with E-state index in [2.05, 4.69) is 15.6 Å². The summed E-state index contributed by atoms with van der Waals surface area (Å²) in [5.41, 5.74) is 1.20. The van der Waals surface area contributed by atoms with E-state index in [-0.39, 0.29) is 48.3 Å². The molecule has 0 unspecified atom stereocenters. The van der Waals surface area contributed by atoms with E-state index in [9.17, 15) is 18.4 Å². The third-order valence-corrected chi connectivity index (χ3v) is 5.39.